The molecule has 4 heteroatoms. The van der Waals surface area contributed by atoms with Gasteiger partial charge in [-0.1, -0.05) is 52.3 Å². The molecule has 3 rings (SSSR count). The maximum atomic E-state index is 10.6. The Labute approximate surface area is 132 Å². The standard InChI is InChI=1S/C17H16BrNO2/c18-17-14(11-13-3-1-2-4-16(13)17)8-5-12-6-9-15(10-7-12)19(20)21/h1-4,6-7,9-10,14,17H,5,8,11H2. The number of benzene rings is 2. The van der Waals surface area contributed by atoms with Gasteiger partial charge >= 0.3 is 0 Å². The largest absolute Gasteiger partial charge is 0.269 e. The third-order valence-corrected chi connectivity index (χ3v) is 5.44. The summed E-state index contributed by atoms with van der Waals surface area (Å²) >= 11 is 3.82. The van der Waals surface area contributed by atoms with E-state index in [2.05, 4.69) is 40.2 Å². The van der Waals surface area contributed by atoms with E-state index in [0.29, 0.717) is 10.7 Å². The third kappa shape index (κ3) is 3.00. The van der Waals surface area contributed by atoms with Crippen LogP contribution >= 0.6 is 15.9 Å². The molecule has 0 saturated heterocycles. The van der Waals surface area contributed by atoms with Crippen LogP contribution in [0.25, 0.3) is 0 Å². The van der Waals surface area contributed by atoms with Crippen molar-refractivity contribution in [3.63, 3.8) is 0 Å². The third-order valence-electron chi connectivity index (χ3n) is 4.20. The van der Waals surface area contributed by atoms with Crippen LogP contribution in [0, 0.1) is 16.0 Å². The molecule has 3 nitrogen and oxygen atoms in total. The van der Waals surface area contributed by atoms with Gasteiger partial charge < -0.3 is 0 Å². The summed E-state index contributed by atoms with van der Waals surface area (Å²) in [5.41, 5.74) is 4.17. The summed E-state index contributed by atoms with van der Waals surface area (Å²) in [5.74, 6) is 0.595. The van der Waals surface area contributed by atoms with Crippen molar-refractivity contribution in [1.82, 2.24) is 0 Å². The summed E-state index contributed by atoms with van der Waals surface area (Å²) in [6.07, 6.45) is 3.15. The van der Waals surface area contributed by atoms with Crippen molar-refractivity contribution in [3.05, 3.63) is 75.3 Å². The van der Waals surface area contributed by atoms with Gasteiger partial charge in [0.1, 0.15) is 0 Å². The molecule has 0 aliphatic heterocycles. The fourth-order valence-corrected chi connectivity index (χ4v) is 3.91. The van der Waals surface area contributed by atoms with Crippen LogP contribution in [-0.4, -0.2) is 4.92 Å². The van der Waals surface area contributed by atoms with Gasteiger partial charge in [0.2, 0.25) is 0 Å². The molecule has 0 amide bonds. The van der Waals surface area contributed by atoms with E-state index in [4.69, 9.17) is 0 Å². The number of nitro groups is 1. The van der Waals surface area contributed by atoms with E-state index in [0.717, 1.165) is 24.8 Å². The molecule has 2 atom stereocenters. The van der Waals surface area contributed by atoms with Crippen LogP contribution in [0.3, 0.4) is 0 Å². The Bertz CT molecular complexity index is 654. The maximum absolute atomic E-state index is 10.6. The number of aryl methyl sites for hydroxylation is 1. The molecule has 0 bridgehead atoms. The molecule has 0 N–H and O–H groups in total. The van der Waals surface area contributed by atoms with E-state index in [1.165, 1.54) is 11.1 Å². The number of nitro benzene ring substituents is 1. The summed E-state index contributed by atoms with van der Waals surface area (Å²) in [5, 5.41) is 10.6. The number of fused-ring (bicyclic) bond motifs is 1. The first-order chi connectivity index (χ1) is 10.1. The molecule has 0 heterocycles. The van der Waals surface area contributed by atoms with Gasteiger partial charge in [0.15, 0.2) is 0 Å². The van der Waals surface area contributed by atoms with Crippen molar-refractivity contribution in [3.8, 4) is 0 Å². The van der Waals surface area contributed by atoms with Crippen LogP contribution in [0.15, 0.2) is 48.5 Å². The van der Waals surface area contributed by atoms with Gasteiger partial charge in [-0.3, -0.25) is 10.1 Å². The number of halogens is 1. The lowest BCUT2D eigenvalue weighted by molar-refractivity contribution is -0.384. The zero-order valence-corrected chi connectivity index (χ0v) is 13.1. The minimum absolute atomic E-state index is 0.158. The molecule has 1 aliphatic rings. The molecular formula is C17H16BrNO2. The van der Waals surface area contributed by atoms with Gasteiger partial charge in [0, 0.05) is 17.0 Å². The summed E-state index contributed by atoms with van der Waals surface area (Å²) in [4.78, 5) is 10.7. The van der Waals surface area contributed by atoms with Crippen molar-refractivity contribution in [2.24, 2.45) is 5.92 Å². The Hall–Kier alpha value is -1.68. The SMILES string of the molecule is O=[N+]([O-])c1ccc(CCC2Cc3ccccc3C2Br)cc1. The number of non-ortho nitro benzene ring substituents is 1. The van der Waals surface area contributed by atoms with Gasteiger partial charge in [-0.2, -0.15) is 0 Å². The molecule has 0 radical (unpaired) electrons. The van der Waals surface area contributed by atoms with Gasteiger partial charge in [-0.05, 0) is 41.9 Å². The highest BCUT2D eigenvalue weighted by Gasteiger charge is 2.29. The molecule has 2 aromatic carbocycles. The van der Waals surface area contributed by atoms with E-state index in [-0.39, 0.29) is 10.6 Å². The summed E-state index contributed by atoms with van der Waals surface area (Å²) in [6.45, 7) is 0. The lowest BCUT2D eigenvalue weighted by Crippen LogP contribution is -2.04. The molecule has 1 aliphatic carbocycles. The molecule has 0 saturated carbocycles. The summed E-state index contributed by atoms with van der Waals surface area (Å²) < 4.78 is 0. The average molecular weight is 346 g/mol. The van der Waals surface area contributed by atoms with Crippen molar-refractivity contribution in [2.45, 2.75) is 24.1 Å². The smallest absolute Gasteiger partial charge is 0.258 e. The minimum atomic E-state index is -0.355. The number of rotatable bonds is 4. The van der Waals surface area contributed by atoms with Gasteiger partial charge in [-0.25, -0.2) is 0 Å². The van der Waals surface area contributed by atoms with E-state index in [1.54, 1.807) is 12.1 Å². The average Bonchev–Trinajstić information content (AvgIpc) is 2.82. The van der Waals surface area contributed by atoms with Crippen LogP contribution in [0.5, 0.6) is 0 Å². The molecule has 0 fully saturated rings. The zero-order chi connectivity index (χ0) is 14.8. The predicted octanol–water partition coefficient (Wildman–Crippen LogP) is 4.84. The molecule has 2 aromatic rings. The van der Waals surface area contributed by atoms with Gasteiger partial charge in [-0.15, -0.1) is 0 Å². The van der Waals surface area contributed by atoms with E-state index < -0.39 is 0 Å². The number of hydrogen-bond acceptors (Lipinski definition) is 2. The Morgan fingerprint density at radius 1 is 1.14 bits per heavy atom. The molecule has 2 unspecified atom stereocenters. The van der Waals surface area contributed by atoms with Crippen LogP contribution in [0.1, 0.15) is 27.9 Å². The van der Waals surface area contributed by atoms with Crippen LogP contribution in [0.4, 0.5) is 5.69 Å². The topological polar surface area (TPSA) is 43.1 Å². The minimum Gasteiger partial charge on any atom is -0.258 e. The lowest BCUT2D eigenvalue weighted by atomic mass is 9.97. The van der Waals surface area contributed by atoms with E-state index in [9.17, 15) is 10.1 Å². The molecule has 0 spiro atoms. The van der Waals surface area contributed by atoms with Crippen molar-refractivity contribution in [2.75, 3.05) is 0 Å². The van der Waals surface area contributed by atoms with E-state index in [1.807, 2.05) is 12.1 Å². The van der Waals surface area contributed by atoms with Crippen molar-refractivity contribution < 1.29 is 4.92 Å². The second-order valence-corrected chi connectivity index (χ2v) is 6.51. The van der Waals surface area contributed by atoms with Crippen LogP contribution in [-0.2, 0) is 12.8 Å². The molecule has 0 aromatic heterocycles. The summed E-state index contributed by atoms with van der Waals surface area (Å²) in [6, 6.07) is 15.5. The number of hydrogen-bond donors (Lipinski definition) is 0. The highest BCUT2D eigenvalue weighted by atomic mass is 79.9. The second kappa shape index (κ2) is 5.98. The van der Waals surface area contributed by atoms with Gasteiger partial charge in [0.25, 0.3) is 5.69 Å². The van der Waals surface area contributed by atoms with Crippen LogP contribution < -0.4 is 0 Å². The Kier molecular flexibility index (Phi) is 4.06. The fraction of sp³-hybridized carbons (Fsp3) is 0.294. The quantitative estimate of drug-likeness (QED) is 0.452. The number of nitrogens with zero attached hydrogens (tertiary/aromatic N) is 1. The lowest BCUT2D eigenvalue weighted by Gasteiger charge is -2.14. The van der Waals surface area contributed by atoms with Crippen molar-refractivity contribution >= 4 is 21.6 Å². The predicted molar refractivity (Wildman–Crippen MR) is 86.7 cm³/mol. The second-order valence-electron chi connectivity index (χ2n) is 5.53. The monoisotopic (exact) mass is 345 g/mol. The van der Waals surface area contributed by atoms with Crippen LogP contribution in [0.2, 0.25) is 0 Å². The van der Waals surface area contributed by atoms with E-state index >= 15 is 0 Å². The Morgan fingerprint density at radius 3 is 2.52 bits per heavy atom. The molecule has 108 valence electrons. The first-order valence-corrected chi connectivity index (χ1v) is 8.02. The van der Waals surface area contributed by atoms with Gasteiger partial charge in [0.05, 0.1) is 4.92 Å². The molecular weight excluding hydrogens is 330 g/mol. The summed E-state index contributed by atoms with van der Waals surface area (Å²) in [7, 11) is 0. The molecule has 21 heavy (non-hydrogen) atoms. The first kappa shape index (κ1) is 14.3. The normalized spacial score (nSPS) is 20.2. The first-order valence-electron chi connectivity index (χ1n) is 7.10. The zero-order valence-electron chi connectivity index (χ0n) is 11.5. The Balaban J connectivity index is 1.63. The van der Waals surface area contributed by atoms with Crippen molar-refractivity contribution in [1.29, 1.82) is 0 Å². The maximum Gasteiger partial charge on any atom is 0.269 e. The fourth-order valence-electron chi connectivity index (χ4n) is 3.01. The Morgan fingerprint density at radius 2 is 1.86 bits per heavy atom. The highest BCUT2D eigenvalue weighted by Crippen LogP contribution is 2.44. The number of alkyl halides is 1. The highest BCUT2D eigenvalue weighted by molar-refractivity contribution is 9.09.